The standard InChI is InChI=1S/C10H22N2O3/c1-8(2)12(5-6-15-4)7-9(11-3)10(13)14/h8-9,11H,5-7H2,1-4H3,(H,13,14). The summed E-state index contributed by atoms with van der Waals surface area (Å²) in [6, 6.07) is -0.209. The second-order valence-corrected chi connectivity index (χ2v) is 3.76. The molecule has 0 aliphatic heterocycles. The number of likely N-dealkylation sites (N-methyl/N-ethyl adjacent to an activating group) is 1. The minimum Gasteiger partial charge on any atom is -0.480 e. The number of hydrogen-bond acceptors (Lipinski definition) is 4. The van der Waals surface area contributed by atoms with Crippen LogP contribution in [-0.2, 0) is 9.53 Å². The minimum absolute atomic E-state index is 0.315. The van der Waals surface area contributed by atoms with Crippen molar-refractivity contribution in [3.63, 3.8) is 0 Å². The van der Waals surface area contributed by atoms with E-state index in [2.05, 4.69) is 10.2 Å². The number of carboxylic acid groups (broad SMARTS) is 1. The highest BCUT2D eigenvalue weighted by atomic mass is 16.5. The topological polar surface area (TPSA) is 61.8 Å². The monoisotopic (exact) mass is 218 g/mol. The quantitative estimate of drug-likeness (QED) is 0.601. The molecule has 1 atom stereocenters. The van der Waals surface area contributed by atoms with E-state index in [9.17, 15) is 4.79 Å². The Morgan fingerprint density at radius 2 is 2.13 bits per heavy atom. The average molecular weight is 218 g/mol. The first kappa shape index (κ1) is 14.3. The van der Waals surface area contributed by atoms with Gasteiger partial charge >= 0.3 is 5.97 Å². The second-order valence-electron chi connectivity index (χ2n) is 3.76. The molecule has 0 aliphatic rings. The van der Waals surface area contributed by atoms with Crippen LogP contribution in [0.5, 0.6) is 0 Å². The lowest BCUT2D eigenvalue weighted by Crippen LogP contribution is -2.47. The van der Waals surface area contributed by atoms with Crippen molar-refractivity contribution < 1.29 is 14.6 Å². The van der Waals surface area contributed by atoms with Gasteiger partial charge in [0.25, 0.3) is 0 Å². The van der Waals surface area contributed by atoms with Gasteiger partial charge in [0.1, 0.15) is 6.04 Å². The third-order valence-electron chi connectivity index (χ3n) is 2.38. The van der Waals surface area contributed by atoms with Crippen LogP contribution in [0.25, 0.3) is 0 Å². The lowest BCUT2D eigenvalue weighted by molar-refractivity contribution is -0.140. The lowest BCUT2D eigenvalue weighted by atomic mass is 10.2. The molecule has 0 saturated carbocycles. The van der Waals surface area contributed by atoms with Crippen molar-refractivity contribution in [3.8, 4) is 0 Å². The molecule has 1 unspecified atom stereocenters. The van der Waals surface area contributed by atoms with Crippen LogP contribution in [0.15, 0.2) is 0 Å². The number of rotatable bonds is 8. The van der Waals surface area contributed by atoms with Crippen molar-refractivity contribution >= 4 is 5.97 Å². The van der Waals surface area contributed by atoms with Crippen LogP contribution in [-0.4, -0.2) is 61.9 Å². The highest BCUT2D eigenvalue weighted by molar-refractivity contribution is 5.73. The van der Waals surface area contributed by atoms with Gasteiger partial charge in [-0.1, -0.05) is 0 Å². The second kappa shape index (κ2) is 7.62. The summed E-state index contributed by atoms with van der Waals surface area (Å²) in [4.78, 5) is 12.9. The molecular formula is C10H22N2O3. The van der Waals surface area contributed by atoms with Gasteiger partial charge in [0.15, 0.2) is 0 Å². The zero-order valence-electron chi connectivity index (χ0n) is 9.99. The van der Waals surface area contributed by atoms with Gasteiger partial charge in [-0.15, -0.1) is 0 Å². The van der Waals surface area contributed by atoms with E-state index in [-0.39, 0.29) is 0 Å². The van der Waals surface area contributed by atoms with E-state index >= 15 is 0 Å². The Hall–Kier alpha value is -0.650. The number of carboxylic acids is 1. The molecule has 0 radical (unpaired) electrons. The maximum atomic E-state index is 10.8. The summed E-state index contributed by atoms with van der Waals surface area (Å²) in [5.74, 6) is -0.819. The predicted octanol–water partition coefficient (Wildman–Crippen LogP) is 0.0158. The van der Waals surface area contributed by atoms with Gasteiger partial charge in [-0.05, 0) is 20.9 Å². The van der Waals surface area contributed by atoms with Crippen LogP contribution in [0.1, 0.15) is 13.8 Å². The Morgan fingerprint density at radius 1 is 1.53 bits per heavy atom. The van der Waals surface area contributed by atoms with Gasteiger partial charge < -0.3 is 15.2 Å². The van der Waals surface area contributed by atoms with Crippen LogP contribution >= 0.6 is 0 Å². The highest BCUT2D eigenvalue weighted by Crippen LogP contribution is 2.00. The fraction of sp³-hybridized carbons (Fsp3) is 0.900. The number of nitrogens with one attached hydrogen (secondary N) is 1. The molecule has 0 aliphatic carbocycles. The molecule has 0 rings (SSSR count). The first-order valence-corrected chi connectivity index (χ1v) is 5.16. The lowest BCUT2D eigenvalue weighted by Gasteiger charge is -2.28. The Bertz CT molecular complexity index is 186. The minimum atomic E-state index is -0.819. The van der Waals surface area contributed by atoms with Gasteiger partial charge in [-0.3, -0.25) is 9.69 Å². The van der Waals surface area contributed by atoms with Crippen molar-refractivity contribution in [2.75, 3.05) is 33.9 Å². The van der Waals surface area contributed by atoms with E-state index in [0.29, 0.717) is 19.2 Å². The molecule has 90 valence electrons. The highest BCUT2D eigenvalue weighted by Gasteiger charge is 2.20. The Labute approximate surface area is 91.4 Å². The molecule has 0 amide bonds. The molecule has 0 aromatic heterocycles. The summed E-state index contributed by atoms with van der Waals surface area (Å²) < 4.78 is 4.99. The van der Waals surface area contributed by atoms with Gasteiger partial charge in [0.05, 0.1) is 6.61 Å². The summed E-state index contributed by atoms with van der Waals surface area (Å²) in [7, 11) is 3.30. The van der Waals surface area contributed by atoms with Gasteiger partial charge in [-0.25, -0.2) is 0 Å². The average Bonchev–Trinajstić information content (AvgIpc) is 2.17. The first-order valence-electron chi connectivity index (χ1n) is 5.16. The SMILES string of the molecule is CNC(CN(CCOC)C(C)C)C(=O)O. The zero-order valence-corrected chi connectivity index (χ0v) is 9.99. The fourth-order valence-electron chi connectivity index (χ4n) is 1.30. The molecule has 0 saturated heterocycles. The van der Waals surface area contributed by atoms with Gasteiger partial charge in [-0.2, -0.15) is 0 Å². The fourth-order valence-corrected chi connectivity index (χ4v) is 1.30. The molecule has 0 bridgehead atoms. The number of ether oxygens (including phenoxy) is 1. The van der Waals surface area contributed by atoms with Crippen molar-refractivity contribution in [1.29, 1.82) is 0 Å². The predicted molar refractivity (Wildman–Crippen MR) is 59.1 cm³/mol. The van der Waals surface area contributed by atoms with E-state index in [4.69, 9.17) is 9.84 Å². The summed E-state index contributed by atoms with van der Waals surface area (Å²) >= 11 is 0. The molecule has 0 aromatic carbocycles. The van der Waals surface area contributed by atoms with Crippen LogP contribution in [0, 0.1) is 0 Å². The number of methoxy groups -OCH3 is 1. The molecular weight excluding hydrogens is 196 g/mol. The van der Waals surface area contributed by atoms with Crippen molar-refractivity contribution in [2.45, 2.75) is 25.9 Å². The maximum Gasteiger partial charge on any atom is 0.322 e. The zero-order chi connectivity index (χ0) is 11.8. The molecule has 0 heterocycles. The molecule has 0 fully saturated rings. The molecule has 0 spiro atoms. The normalized spacial score (nSPS) is 13.5. The largest absolute Gasteiger partial charge is 0.480 e. The van der Waals surface area contributed by atoms with Crippen molar-refractivity contribution in [1.82, 2.24) is 10.2 Å². The van der Waals surface area contributed by atoms with Crippen molar-refractivity contribution in [2.24, 2.45) is 0 Å². The molecule has 15 heavy (non-hydrogen) atoms. The molecule has 2 N–H and O–H groups in total. The summed E-state index contributed by atoms with van der Waals surface area (Å²) in [5, 5.41) is 11.7. The Balaban J connectivity index is 4.18. The van der Waals surface area contributed by atoms with Crippen molar-refractivity contribution in [3.05, 3.63) is 0 Å². The van der Waals surface area contributed by atoms with E-state index in [1.54, 1.807) is 14.2 Å². The van der Waals surface area contributed by atoms with E-state index in [1.807, 2.05) is 13.8 Å². The van der Waals surface area contributed by atoms with E-state index in [0.717, 1.165) is 6.54 Å². The number of hydrogen-bond donors (Lipinski definition) is 2. The summed E-state index contributed by atoms with van der Waals surface area (Å²) in [6.07, 6.45) is 0. The molecule has 5 nitrogen and oxygen atoms in total. The summed E-state index contributed by atoms with van der Waals surface area (Å²) in [6.45, 7) is 5.95. The van der Waals surface area contributed by atoms with Crippen LogP contribution in [0.3, 0.4) is 0 Å². The smallest absolute Gasteiger partial charge is 0.322 e. The Morgan fingerprint density at radius 3 is 2.47 bits per heavy atom. The van der Waals surface area contributed by atoms with E-state index < -0.39 is 12.0 Å². The van der Waals surface area contributed by atoms with Gasteiger partial charge in [0.2, 0.25) is 0 Å². The first-order chi connectivity index (χ1) is 7.02. The maximum absolute atomic E-state index is 10.8. The van der Waals surface area contributed by atoms with Crippen LogP contribution in [0.4, 0.5) is 0 Å². The van der Waals surface area contributed by atoms with Crippen LogP contribution in [0.2, 0.25) is 0 Å². The number of aliphatic carboxylic acids is 1. The Kier molecular flexibility index (Phi) is 7.29. The van der Waals surface area contributed by atoms with E-state index in [1.165, 1.54) is 0 Å². The summed E-state index contributed by atoms with van der Waals surface area (Å²) in [5.41, 5.74) is 0. The van der Waals surface area contributed by atoms with Gasteiger partial charge in [0, 0.05) is 26.2 Å². The molecule has 0 aromatic rings. The van der Waals surface area contributed by atoms with Crippen LogP contribution < -0.4 is 5.32 Å². The number of carbonyl (C=O) groups is 1. The third-order valence-corrected chi connectivity index (χ3v) is 2.38. The number of nitrogens with zero attached hydrogens (tertiary/aromatic N) is 1. The third kappa shape index (κ3) is 5.71. The molecule has 5 heteroatoms.